The van der Waals surface area contributed by atoms with Crippen molar-refractivity contribution in [3.8, 4) is 5.75 Å². The van der Waals surface area contributed by atoms with E-state index in [0.29, 0.717) is 26.4 Å². The third-order valence-electron chi connectivity index (χ3n) is 4.07. The normalized spacial score (nSPS) is 10.7. The van der Waals surface area contributed by atoms with E-state index in [1.54, 1.807) is 0 Å². The fourth-order valence-corrected chi connectivity index (χ4v) is 2.61. The van der Waals surface area contributed by atoms with Gasteiger partial charge in [-0.1, -0.05) is 42.5 Å². The van der Waals surface area contributed by atoms with Crippen LogP contribution in [0.25, 0.3) is 0 Å². The molecule has 0 atom stereocenters. The number of benzene rings is 2. The first-order valence-electron chi connectivity index (χ1n) is 9.50. The summed E-state index contributed by atoms with van der Waals surface area (Å²) >= 11 is 0. The minimum Gasteiger partial charge on any atom is -0.494 e. The van der Waals surface area contributed by atoms with Crippen LogP contribution < -0.4 is 10.1 Å². The molecule has 146 valence electrons. The Morgan fingerprint density at radius 1 is 0.889 bits per heavy atom. The van der Waals surface area contributed by atoms with Crippen molar-refractivity contribution >= 4 is 5.97 Å². The lowest BCUT2D eigenvalue weighted by molar-refractivity contribution is -0.136. The van der Waals surface area contributed by atoms with Gasteiger partial charge < -0.3 is 19.9 Å². The highest BCUT2D eigenvalue weighted by Gasteiger charge is 1.99. The molecule has 0 fully saturated rings. The standard InChI is InChI=1S/C22H29NO4/c24-22(25)13-15-23-14-4-8-19-9-11-21(12-10-19)27-17-5-16-26-18-20-6-2-1-3-7-20/h1-3,6-7,9-12,23H,4-5,8,13-18H2,(H,24,25). The average molecular weight is 371 g/mol. The monoisotopic (exact) mass is 371 g/mol. The number of hydrogen-bond donors (Lipinski definition) is 2. The van der Waals surface area contributed by atoms with Gasteiger partial charge in [0.15, 0.2) is 0 Å². The van der Waals surface area contributed by atoms with Crippen LogP contribution in [0.3, 0.4) is 0 Å². The number of aliphatic carboxylic acids is 1. The number of hydrogen-bond acceptors (Lipinski definition) is 4. The molecule has 0 unspecified atom stereocenters. The summed E-state index contributed by atoms with van der Waals surface area (Å²) in [5.74, 6) is 0.113. The lowest BCUT2D eigenvalue weighted by Crippen LogP contribution is -2.19. The van der Waals surface area contributed by atoms with Gasteiger partial charge in [-0.05, 0) is 42.6 Å². The first kappa shape index (κ1) is 20.9. The predicted molar refractivity (Wildman–Crippen MR) is 106 cm³/mol. The van der Waals surface area contributed by atoms with Gasteiger partial charge in [0, 0.05) is 13.0 Å². The molecule has 0 bridgehead atoms. The number of carboxylic acids is 1. The van der Waals surface area contributed by atoms with Gasteiger partial charge in [0.05, 0.1) is 26.2 Å². The smallest absolute Gasteiger partial charge is 0.304 e. The third kappa shape index (κ3) is 9.78. The number of aryl methyl sites for hydroxylation is 1. The largest absolute Gasteiger partial charge is 0.494 e. The van der Waals surface area contributed by atoms with Crippen molar-refractivity contribution in [2.75, 3.05) is 26.3 Å². The van der Waals surface area contributed by atoms with Crippen LogP contribution in [0.15, 0.2) is 54.6 Å². The molecule has 27 heavy (non-hydrogen) atoms. The Kier molecular flexibility index (Phi) is 10.0. The molecular weight excluding hydrogens is 342 g/mol. The maximum absolute atomic E-state index is 10.4. The second-order valence-corrected chi connectivity index (χ2v) is 6.38. The van der Waals surface area contributed by atoms with Gasteiger partial charge in [-0.15, -0.1) is 0 Å². The summed E-state index contributed by atoms with van der Waals surface area (Å²) in [7, 11) is 0. The molecule has 2 rings (SSSR count). The Labute approximate surface area is 161 Å². The van der Waals surface area contributed by atoms with Gasteiger partial charge in [-0.25, -0.2) is 0 Å². The van der Waals surface area contributed by atoms with E-state index in [-0.39, 0.29) is 6.42 Å². The molecule has 0 saturated heterocycles. The Morgan fingerprint density at radius 2 is 1.67 bits per heavy atom. The third-order valence-corrected chi connectivity index (χ3v) is 4.07. The highest BCUT2D eigenvalue weighted by atomic mass is 16.5. The molecule has 0 aliphatic heterocycles. The zero-order valence-corrected chi connectivity index (χ0v) is 15.7. The summed E-state index contributed by atoms with van der Waals surface area (Å²) in [6.07, 6.45) is 2.98. The van der Waals surface area contributed by atoms with Crippen LogP contribution in [-0.2, 0) is 22.6 Å². The van der Waals surface area contributed by atoms with E-state index < -0.39 is 5.97 Å². The first-order valence-corrected chi connectivity index (χ1v) is 9.50. The number of nitrogens with one attached hydrogen (secondary N) is 1. The SMILES string of the molecule is O=C(O)CCNCCCc1ccc(OCCCOCc2ccccc2)cc1. The number of carboxylic acid groups (broad SMARTS) is 1. The molecule has 2 aromatic rings. The van der Waals surface area contributed by atoms with E-state index in [1.165, 1.54) is 11.1 Å². The van der Waals surface area contributed by atoms with Gasteiger partial charge in [0.1, 0.15) is 5.75 Å². The minimum atomic E-state index is -0.763. The van der Waals surface area contributed by atoms with Crippen molar-refractivity contribution in [1.29, 1.82) is 0 Å². The molecule has 0 spiro atoms. The molecule has 2 aromatic carbocycles. The van der Waals surface area contributed by atoms with Crippen LogP contribution in [0.5, 0.6) is 5.75 Å². The molecule has 5 nitrogen and oxygen atoms in total. The summed E-state index contributed by atoms with van der Waals surface area (Å²) in [5.41, 5.74) is 2.44. The summed E-state index contributed by atoms with van der Waals surface area (Å²) in [5, 5.41) is 11.7. The molecule has 0 heterocycles. The molecule has 5 heteroatoms. The molecule has 0 aliphatic carbocycles. The second-order valence-electron chi connectivity index (χ2n) is 6.38. The van der Waals surface area contributed by atoms with Gasteiger partial charge >= 0.3 is 5.97 Å². The van der Waals surface area contributed by atoms with Crippen LogP contribution >= 0.6 is 0 Å². The number of ether oxygens (including phenoxy) is 2. The predicted octanol–water partition coefficient (Wildman–Crippen LogP) is 3.67. The van der Waals surface area contributed by atoms with E-state index in [0.717, 1.165) is 31.6 Å². The van der Waals surface area contributed by atoms with Crippen LogP contribution in [-0.4, -0.2) is 37.4 Å². The molecule has 0 aromatic heterocycles. The summed E-state index contributed by atoms with van der Waals surface area (Å²) in [4.78, 5) is 10.4. The molecular formula is C22H29NO4. The fourth-order valence-electron chi connectivity index (χ4n) is 2.61. The van der Waals surface area contributed by atoms with Crippen LogP contribution in [0.1, 0.15) is 30.4 Å². The fraction of sp³-hybridized carbons (Fsp3) is 0.409. The summed E-state index contributed by atoms with van der Waals surface area (Å²) in [6.45, 7) is 3.32. The Hall–Kier alpha value is -2.37. The topological polar surface area (TPSA) is 67.8 Å². The van der Waals surface area contributed by atoms with Crippen molar-refractivity contribution in [3.63, 3.8) is 0 Å². The van der Waals surface area contributed by atoms with Gasteiger partial charge in [-0.2, -0.15) is 0 Å². The molecule has 0 aliphatic rings. The van der Waals surface area contributed by atoms with Crippen LogP contribution in [0.2, 0.25) is 0 Å². The lowest BCUT2D eigenvalue weighted by Gasteiger charge is -2.08. The van der Waals surface area contributed by atoms with E-state index in [1.807, 2.05) is 30.3 Å². The Bertz CT molecular complexity index is 643. The van der Waals surface area contributed by atoms with E-state index in [9.17, 15) is 4.79 Å². The van der Waals surface area contributed by atoms with Crippen molar-refractivity contribution in [2.45, 2.75) is 32.3 Å². The van der Waals surface area contributed by atoms with Gasteiger partial charge in [-0.3, -0.25) is 4.79 Å². The van der Waals surface area contributed by atoms with Crippen molar-refractivity contribution in [1.82, 2.24) is 5.32 Å². The molecule has 2 N–H and O–H groups in total. The molecule has 0 radical (unpaired) electrons. The van der Waals surface area contributed by atoms with Crippen molar-refractivity contribution in [3.05, 3.63) is 65.7 Å². The highest BCUT2D eigenvalue weighted by Crippen LogP contribution is 2.13. The Balaban J connectivity index is 1.50. The minimum absolute atomic E-state index is 0.170. The zero-order valence-electron chi connectivity index (χ0n) is 15.7. The Morgan fingerprint density at radius 3 is 2.41 bits per heavy atom. The molecule has 0 amide bonds. The van der Waals surface area contributed by atoms with Crippen LogP contribution in [0.4, 0.5) is 0 Å². The average Bonchev–Trinajstić information content (AvgIpc) is 2.69. The maximum atomic E-state index is 10.4. The van der Waals surface area contributed by atoms with Gasteiger partial charge in [0.2, 0.25) is 0 Å². The zero-order chi connectivity index (χ0) is 19.2. The molecule has 0 saturated carbocycles. The summed E-state index contributed by atoms with van der Waals surface area (Å²) in [6, 6.07) is 18.3. The van der Waals surface area contributed by atoms with E-state index >= 15 is 0 Å². The second kappa shape index (κ2) is 12.9. The van der Waals surface area contributed by atoms with Crippen molar-refractivity contribution in [2.24, 2.45) is 0 Å². The van der Waals surface area contributed by atoms with Crippen LogP contribution in [0, 0.1) is 0 Å². The quantitative estimate of drug-likeness (QED) is 0.496. The van der Waals surface area contributed by atoms with Crippen molar-refractivity contribution < 1.29 is 19.4 Å². The summed E-state index contributed by atoms with van der Waals surface area (Å²) < 4.78 is 11.4. The van der Waals surface area contributed by atoms with Gasteiger partial charge in [0.25, 0.3) is 0 Å². The number of rotatable bonds is 14. The maximum Gasteiger partial charge on any atom is 0.304 e. The first-order chi connectivity index (χ1) is 13.2. The van der Waals surface area contributed by atoms with E-state index in [4.69, 9.17) is 14.6 Å². The highest BCUT2D eigenvalue weighted by molar-refractivity contribution is 5.66. The lowest BCUT2D eigenvalue weighted by atomic mass is 10.1. The number of carbonyl (C=O) groups is 1. The van der Waals surface area contributed by atoms with E-state index in [2.05, 4.69) is 29.6 Å².